The van der Waals surface area contributed by atoms with E-state index < -0.39 is 0 Å². The number of fused-ring (bicyclic) bond motifs is 2. The first kappa shape index (κ1) is 26.3. The third kappa shape index (κ3) is 5.92. The number of halogens is 1. The van der Waals surface area contributed by atoms with E-state index in [0.717, 1.165) is 47.8 Å². The second-order valence-corrected chi connectivity index (χ2v) is 12.5. The molecule has 5 heteroatoms. The van der Waals surface area contributed by atoms with Crippen LogP contribution < -0.4 is 0 Å². The summed E-state index contributed by atoms with van der Waals surface area (Å²) in [5, 5.41) is 0.748. The predicted octanol–water partition coefficient (Wildman–Crippen LogP) is 7.34. The van der Waals surface area contributed by atoms with Crippen LogP contribution in [0.15, 0.2) is 71.6 Å². The van der Waals surface area contributed by atoms with Gasteiger partial charge in [0.15, 0.2) is 0 Å². The van der Waals surface area contributed by atoms with Crippen molar-refractivity contribution in [3.8, 4) is 0 Å². The van der Waals surface area contributed by atoms with Crippen LogP contribution in [0.25, 0.3) is 0 Å². The molecule has 1 fully saturated rings. The van der Waals surface area contributed by atoms with Gasteiger partial charge in [-0.1, -0.05) is 59.1 Å². The van der Waals surface area contributed by atoms with Crippen LogP contribution >= 0.6 is 23.4 Å². The number of benzene rings is 3. The number of carbonyl (C=O) groups excluding carboxylic acids is 1. The Labute approximate surface area is 231 Å². The molecule has 0 aromatic heterocycles. The molecule has 3 aromatic rings. The van der Waals surface area contributed by atoms with Gasteiger partial charge in [0.2, 0.25) is 0 Å². The third-order valence-electron chi connectivity index (χ3n) is 8.22. The Balaban J connectivity index is 1.24. The lowest BCUT2D eigenvalue weighted by molar-refractivity contribution is 0.0780. The van der Waals surface area contributed by atoms with Crippen molar-refractivity contribution in [3.05, 3.63) is 99.6 Å². The fraction of sp³-hybridized carbons (Fsp3) is 0.406. The van der Waals surface area contributed by atoms with Crippen LogP contribution in [0.3, 0.4) is 0 Å². The van der Waals surface area contributed by atoms with Crippen LogP contribution in [-0.4, -0.2) is 54.7 Å². The molecule has 1 amide bonds. The molecular weight excluding hydrogens is 496 g/mol. The third-order valence-corrected chi connectivity index (χ3v) is 9.84. The normalized spacial score (nSPS) is 17.5. The molecule has 2 heterocycles. The Morgan fingerprint density at radius 2 is 1.70 bits per heavy atom. The monoisotopic (exact) mass is 532 g/mol. The zero-order valence-electron chi connectivity index (χ0n) is 22.2. The van der Waals surface area contributed by atoms with Crippen molar-refractivity contribution < 1.29 is 4.79 Å². The molecule has 0 aliphatic carbocycles. The van der Waals surface area contributed by atoms with Crippen molar-refractivity contribution in [1.82, 2.24) is 9.80 Å². The first-order chi connectivity index (χ1) is 17.8. The average Bonchev–Trinajstić information content (AvgIpc) is 3.25. The van der Waals surface area contributed by atoms with E-state index in [2.05, 4.69) is 47.4 Å². The number of likely N-dealkylation sites (N-methyl/N-ethyl adjacent to an activating group) is 1. The minimum Gasteiger partial charge on any atom is -0.341 e. The van der Waals surface area contributed by atoms with E-state index in [1.54, 1.807) is 5.56 Å². The maximum atomic E-state index is 13.3. The molecule has 1 saturated heterocycles. The largest absolute Gasteiger partial charge is 0.341 e. The number of hydrogen-bond donors (Lipinski definition) is 0. The first-order valence-corrected chi connectivity index (χ1v) is 14.7. The number of aryl methyl sites for hydroxylation is 2. The molecule has 0 radical (unpaired) electrons. The molecule has 1 unspecified atom stereocenters. The number of hydrogen-bond acceptors (Lipinski definition) is 3. The molecule has 194 valence electrons. The second-order valence-electron chi connectivity index (χ2n) is 11.0. The maximum absolute atomic E-state index is 13.3. The lowest BCUT2D eigenvalue weighted by atomic mass is 9.74. The molecular formula is C32H37ClN2OS. The highest BCUT2D eigenvalue weighted by atomic mass is 35.5. The van der Waals surface area contributed by atoms with Crippen molar-refractivity contribution in [2.75, 3.05) is 39.0 Å². The molecule has 1 spiro atoms. The van der Waals surface area contributed by atoms with Gasteiger partial charge in [-0.2, -0.15) is 0 Å². The van der Waals surface area contributed by atoms with Gasteiger partial charge in [0.1, 0.15) is 0 Å². The van der Waals surface area contributed by atoms with Crippen molar-refractivity contribution in [2.45, 2.75) is 49.3 Å². The lowest BCUT2D eigenvalue weighted by Crippen LogP contribution is -2.43. The predicted molar refractivity (Wildman–Crippen MR) is 156 cm³/mol. The number of thioether (sulfide) groups is 1. The SMILES string of the molecule is Cc1cc(C)cc(C(=O)N(C)CC(CCN2CCC3(CC2)CSc2ccccc23)c2ccc(Cl)cc2)c1. The summed E-state index contributed by atoms with van der Waals surface area (Å²) in [6, 6.07) is 23.3. The van der Waals surface area contributed by atoms with E-state index in [4.69, 9.17) is 11.6 Å². The van der Waals surface area contributed by atoms with Crippen LogP contribution in [0.5, 0.6) is 0 Å². The summed E-state index contributed by atoms with van der Waals surface area (Å²) in [4.78, 5) is 19.3. The Bertz CT molecular complexity index is 1230. The van der Waals surface area contributed by atoms with Crippen molar-refractivity contribution >= 4 is 29.3 Å². The molecule has 3 nitrogen and oxygen atoms in total. The fourth-order valence-electron chi connectivity index (χ4n) is 6.11. The molecule has 2 aliphatic rings. The zero-order valence-corrected chi connectivity index (χ0v) is 23.7. The van der Waals surface area contributed by atoms with E-state index in [1.807, 2.05) is 61.8 Å². The molecule has 2 aliphatic heterocycles. The fourth-order valence-corrected chi connectivity index (χ4v) is 7.73. The number of rotatable bonds is 7. The van der Waals surface area contributed by atoms with Gasteiger partial charge in [-0.25, -0.2) is 0 Å². The number of likely N-dealkylation sites (tertiary alicyclic amines) is 1. The van der Waals surface area contributed by atoms with Crippen LogP contribution in [0, 0.1) is 13.8 Å². The van der Waals surface area contributed by atoms with Gasteiger partial charge < -0.3 is 9.80 Å². The van der Waals surface area contributed by atoms with E-state index in [9.17, 15) is 4.79 Å². The molecule has 0 N–H and O–H groups in total. The standard InChI is InChI=1S/C32H37ClN2OS/c1-23-18-24(2)20-27(19-23)31(36)34(3)21-26(25-8-10-28(33)11-9-25)12-15-35-16-13-32(14-17-35)22-37-30-7-5-4-6-29(30)32/h4-11,18-20,26H,12-17,21-22H2,1-3H3. The van der Waals surface area contributed by atoms with Crippen LogP contribution in [0.4, 0.5) is 0 Å². The zero-order chi connectivity index (χ0) is 26.0. The summed E-state index contributed by atoms with van der Waals surface area (Å²) >= 11 is 8.24. The number of carbonyl (C=O) groups is 1. The van der Waals surface area contributed by atoms with Crippen LogP contribution in [0.2, 0.25) is 5.02 Å². The molecule has 3 aromatic carbocycles. The van der Waals surface area contributed by atoms with Crippen molar-refractivity contribution in [1.29, 1.82) is 0 Å². The van der Waals surface area contributed by atoms with Gasteiger partial charge >= 0.3 is 0 Å². The van der Waals surface area contributed by atoms with Gasteiger partial charge in [0.25, 0.3) is 5.91 Å². The Hall–Kier alpha value is -2.27. The number of nitrogens with zero attached hydrogens (tertiary/aromatic N) is 2. The Morgan fingerprint density at radius 1 is 1.03 bits per heavy atom. The van der Waals surface area contributed by atoms with Gasteiger partial charge in [-0.3, -0.25) is 4.79 Å². The summed E-state index contributed by atoms with van der Waals surface area (Å²) in [6.07, 6.45) is 3.48. The lowest BCUT2D eigenvalue weighted by Gasteiger charge is -2.40. The summed E-state index contributed by atoms with van der Waals surface area (Å²) in [7, 11) is 1.93. The summed E-state index contributed by atoms with van der Waals surface area (Å²) in [6.45, 7) is 8.11. The topological polar surface area (TPSA) is 23.6 Å². The Morgan fingerprint density at radius 3 is 2.41 bits per heavy atom. The maximum Gasteiger partial charge on any atom is 0.253 e. The summed E-state index contributed by atoms with van der Waals surface area (Å²) in [5.41, 5.74) is 6.19. The Kier molecular flexibility index (Phi) is 7.99. The number of amides is 1. The van der Waals surface area contributed by atoms with Crippen LogP contribution in [-0.2, 0) is 5.41 Å². The second kappa shape index (κ2) is 11.2. The minimum atomic E-state index is 0.0862. The highest BCUT2D eigenvalue weighted by molar-refractivity contribution is 7.99. The quantitative estimate of drug-likeness (QED) is 0.318. The average molecular weight is 533 g/mol. The molecule has 5 rings (SSSR count). The highest BCUT2D eigenvalue weighted by Gasteiger charge is 2.41. The van der Waals surface area contributed by atoms with E-state index >= 15 is 0 Å². The van der Waals surface area contributed by atoms with Crippen LogP contribution in [0.1, 0.15) is 57.8 Å². The minimum absolute atomic E-state index is 0.0862. The van der Waals surface area contributed by atoms with E-state index in [1.165, 1.54) is 29.1 Å². The summed E-state index contributed by atoms with van der Waals surface area (Å²) < 4.78 is 0. The van der Waals surface area contributed by atoms with Gasteiger partial charge in [-0.05, 0) is 94.2 Å². The molecule has 0 saturated carbocycles. The number of piperidine rings is 1. The van der Waals surface area contributed by atoms with Crippen molar-refractivity contribution in [2.24, 2.45) is 0 Å². The summed E-state index contributed by atoms with van der Waals surface area (Å²) in [5.74, 6) is 1.57. The molecule has 0 bridgehead atoms. The molecule has 37 heavy (non-hydrogen) atoms. The van der Waals surface area contributed by atoms with Gasteiger partial charge in [-0.15, -0.1) is 11.8 Å². The highest BCUT2D eigenvalue weighted by Crippen LogP contribution is 2.49. The van der Waals surface area contributed by atoms with E-state index in [-0.39, 0.29) is 11.8 Å². The molecule has 1 atom stereocenters. The van der Waals surface area contributed by atoms with Gasteiger partial charge in [0, 0.05) is 46.2 Å². The van der Waals surface area contributed by atoms with E-state index in [0.29, 0.717) is 12.0 Å². The van der Waals surface area contributed by atoms with Crippen molar-refractivity contribution in [3.63, 3.8) is 0 Å². The van der Waals surface area contributed by atoms with Gasteiger partial charge in [0.05, 0.1) is 0 Å². The smallest absolute Gasteiger partial charge is 0.253 e. The first-order valence-electron chi connectivity index (χ1n) is 13.4.